The number of rotatable bonds is 8. The van der Waals surface area contributed by atoms with Crippen LogP contribution in [-0.4, -0.2) is 6.61 Å². The first kappa shape index (κ1) is 20.4. The van der Waals surface area contributed by atoms with Crippen LogP contribution in [0.4, 0.5) is 4.39 Å². The van der Waals surface area contributed by atoms with Crippen LogP contribution < -0.4 is 4.74 Å². The zero-order valence-corrected chi connectivity index (χ0v) is 17.2. The van der Waals surface area contributed by atoms with E-state index in [0.29, 0.717) is 17.9 Å². The molecule has 0 heterocycles. The van der Waals surface area contributed by atoms with Crippen LogP contribution >= 0.6 is 11.6 Å². The van der Waals surface area contributed by atoms with Crippen molar-refractivity contribution >= 4 is 11.6 Å². The topological polar surface area (TPSA) is 9.23 Å². The van der Waals surface area contributed by atoms with Gasteiger partial charge in [0.15, 0.2) is 5.82 Å². The highest BCUT2D eigenvalue weighted by atomic mass is 35.5. The van der Waals surface area contributed by atoms with Crippen molar-refractivity contribution in [1.29, 1.82) is 0 Å². The van der Waals surface area contributed by atoms with Crippen LogP contribution in [0, 0.1) is 5.82 Å². The van der Waals surface area contributed by atoms with Crippen molar-refractivity contribution in [3.63, 3.8) is 0 Å². The van der Waals surface area contributed by atoms with Crippen LogP contribution in [-0.2, 0) is 6.42 Å². The molecule has 3 rings (SSSR count). The smallest absolute Gasteiger partial charge is 0.153 e. The van der Waals surface area contributed by atoms with E-state index in [4.69, 9.17) is 16.3 Å². The van der Waals surface area contributed by atoms with E-state index in [0.717, 1.165) is 23.1 Å². The molecule has 0 bridgehead atoms. The van der Waals surface area contributed by atoms with Gasteiger partial charge in [0, 0.05) is 5.56 Å². The lowest BCUT2D eigenvalue weighted by molar-refractivity contribution is 0.338. The maximum atomic E-state index is 14.7. The molecule has 3 heteroatoms. The summed E-state index contributed by atoms with van der Waals surface area (Å²) in [7, 11) is 0. The third-order valence-electron chi connectivity index (χ3n) is 4.90. The molecule has 0 saturated heterocycles. The van der Waals surface area contributed by atoms with Gasteiger partial charge < -0.3 is 4.74 Å². The van der Waals surface area contributed by atoms with Gasteiger partial charge in [-0.2, -0.15) is 0 Å². The monoisotopic (exact) mass is 396 g/mol. The summed E-state index contributed by atoms with van der Waals surface area (Å²) in [6.07, 6.45) is 4.88. The number of ether oxygens (including phenoxy) is 1. The summed E-state index contributed by atoms with van der Waals surface area (Å²) in [5, 5.41) is 0.0297. The molecular weight excluding hydrogens is 371 g/mol. The van der Waals surface area contributed by atoms with Crippen molar-refractivity contribution in [2.45, 2.75) is 39.5 Å². The average molecular weight is 397 g/mol. The Morgan fingerprint density at radius 2 is 1.39 bits per heavy atom. The van der Waals surface area contributed by atoms with Crippen LogP contribution in [0.5, 0.6) is 5.75 Å². The second-order valence-corrected chi connectivity index (χ2v) is 7.28. The van der Waals surface area contributed by atoms with Crippen molar-refractivity contribution in [2.24, 2.45) is 0 Å². The Morgan fingerprint density at radius 1 is 0.786 bits per heavy atom. The fourth-order valence-electron chi connectivity index (χ4n) is 3.31. The first-order valence-electron chi connectivity index (χ1n) is 9.94. The van der Waals surface area contributed by atoms with E-state index in [1.54, 1.807) is 12.1 Å². The highest BCUT2D eigenvalue weighted by molar-refractivity contribution is 6.32. The van der Waals surface area contributed by atoms with Crippen molar-refractivity contribution in [2.75, 3.05) is 6.61 Å². The Bertz CT molecular complexity index is 901. The molecule has 0 aromatic heterocycles. The number of hydrogen-bond acceptors (Lipinski definition) is 1. The second-order valence-electron chi connectivity index (χ2n) is 6.90. The molecule has 146 valence electrons. The first-order valence-corrected chi connectivity index (χ1v) is 10.3. The normalized spacial score (nSPS) is 10.9. The molecule has 3 aromatic rings. The third-order valence-corrected chi connectivity index (χ3v) is 5.25. The van der Waals surface area contributed by atoms with E-state index in [2.05, 4.69) is 31.2 Å². The Kier molecular flexibility index (Phi) is 7.11. The van der Waals surface area contributed by atoms with Gasteiger partial charge in [-0.05, 0) is 54.2 Å². The van der Waals surface area contributed by atoms with Crippen molar-refractivity contribution in [3.8, 4) is 28.0 Å². The molecule has 0 aliphatic rings. The van der Waals surface area contributed by atoms with Gasteiger partial charge in [0.05, 0.1) is 6.61 Å². The van der Waals surface area contributed by atoms with Crippen LogP contribution in [0.1, 0.15) is 38.7 Å². The lowest BCUT2D eigenvalue weighted by Gasteiger charge is -2.11. The third kappa shape index (κ3) is 4.74. The molecule has 0 saturated carbocycles. The Labute approximate surface area is 172 Å². The van der Waals surface area contributed by atoms with E-state index in [1.165, 1.54) is 24.8 Å². The predicted octanol–water partition coefficient (Wildman–Crippen LogP) is 7.94. The first-order chi connectivity index (χ1) is 13.6. The zero-order valence-electron chi connectivity index (χ0n) is 16.5. The van der Waals surface area contributed by atoms with Crippen molar-refractivity contribution in [3.05, 3.63) is 77.1 Å². The highest BCUT2D eigenvalue weighted by Gasteiger charge is 2.14. The van der Waals surface area contributed by atoms with Gasteiger partial charge in [0.2, 0.25) is 0 Å². The Hall–Kier alpha value is -2.32. The predicted molar refractivity (Wildman–Crippen MR) is 117 cm³/mol. The van der Waals surface area contributed by atoms with Gasteiger partial charge in [-0.3, -0.25) is 0 Å². The molecule has 0 N–H and O–H groups in total. The van der Waals surface area contributed by atoms with Gasteiger partial charge in [-0.1, -0.05) is 79.9 Å². The summed E-state index contributed by atoms with van der Waals surface area (Å²) in [4.78, 5) is 0. The summed E-state index contributed by atoms with van der Waals surface area (Å²) in [6, 6.07) is 20.0. The highest BCUT2D eigenvalue weighted by Crippen LogP contribution is 2.35. The largest absolute Gasteiger partial charge is 0.492 e. The summed E-state index contributed by atoms with van der Waals surface area (Å²) in [6.45, 7) is 4.52. The standard InChI is InChI=1S/C25H26ClFO/c1-3-5-6-7-18-8-10-19(11-9-18)20-12-14-21(15-13-20)22-16-17-23(28-4-2)24(26)25(22)27/h8-17H,3-7H2,1-2H3. The number of unbranched alkanes of at least 4 members (excludes halogenated alkanes) is 2. The van der Waals surface area contributed by atoms with Crippen LogP contribution in [0.15, 0.2) is 60.7 Å². The Morgan fingerprint density at radius 3 is 2.00 bits per heavy atom. The SMILES string of the molecule is CCCCCc1ccc(-c2ccc(-c3ccc(OCC)c(Cl)c3F)cc2)cc1. The lowest BCUT2D eigenvalue weighted by Crippen LogP contribution is -1.95. The van der Waals surface area contributed by atoms with Gasteiger partial charge in [0.25, 0.3) is 0 Å². The molecule has 28 heavy (non-hydrogen) atoms. The molecule has 0 atom stereocenters. The minimum Gasteiger partial charge on any atom is -0.492 e. The fraction of sp³-hybridized carbons (Fsp3) is 0.280. The molecule has 0 spiro atoms. The Balaban J connectivity index is 1.77. The molecule has 0 fully saturated rings. The molecule has 0 radical (unpaired) electrons. The maximum Gasteiger partial charge on any atom is 0.153 e. The molecule has 1 nitrogen and oxygen atoms in total. The molecular formula is C25H26ClFO. The van der Waals surface area contributed by atoms with E-state index < -0.39 is 5.82 Å². The minimum atomic E-state index is -0.447. The molecule has 0 amide bonds. The number of halogens is 2. The van der Waals surface area contributed by atoms with E-state index in [-0.39, 0.29) is 5.02 Å². The zero-order chi connectivity index (χ0) is 19.9. The molecule has 0 unspecified atom stereocenters. The van der Waals surface area contributed by atoms with E-state index in [1.807, 2.05) is 31.2 Å². The minimum absolute atomic E-state index is 0.0297. The van der Waals surface area contributed by atoms with Gasteiger partial charge in [-0.15, -0.1) is 0 Å². The average Bonchev–Trinajstić information content (AvgIpc) is 2.73. The van der Waals surface area contributed by atoms with Gasteiger partial charge in [0.1, 0.15) is 10.8 Å². The fourth-order valence-corrected chi connectivity index (χ4v) is 3.53. The maximum absolute atomic E-state index is 14.7. The van der Waals surface area contributed by atoms with Crippen molar-refractivity contribution in [1.82, 2.24) is 0 Å². The summed E-state index contributed by atoms with van der Waals surface area (Å²) in [5.41, 5.74) is 4.92. The second kappa shape index (κ2) is 9.75. The molecule has 0 aliphatic carbocycles. The van der Waals surface area contributed by atoms with Crippen molar-refractivity contribution < 1.29 is 9.13 Å². The molecule has 0 aliphatic heterocycles. The number of aryl methyl sites for hydroxylation is 1. The van der Waals surface area contributed by atoms with Gasteiger partial charge >= 0.3 is 0 Å². The number of hydrogen-bond donors (Lipinski definition) is 0. The summed E-state index contributed by atoms with van der Waals surface area (Å²) < 4.78 is 20.0. The van der Waals surface area contributed by atoms with E-state index in [9.17, 15) is 4.39 Å². The lowest BCUT2D eigenvalue weighted by atomic mass is 9.98. The van der Waals surface area contributed by atoms with Gasteiger partial charge in [-0.25, -0.2) is 4.39 Å². The van der Waals surface area contributed by atoms with Crippen LogP contribution in [0.2, 0.25) is 5.02 Å². The van der Waals surface area contributed by atoms with E-state index >= 15 is 0 Å². The van der Waals surface area contributed by atoms with Crippen LogP contribution in [0.3, 0.4) is 0 Å². The number of benzene rings is 3. The quantitative estimate of drug-likeness (QED) is 0.351. The molecule has 3 aromatic carbocycles. The summed E-state index contributed by atoms with van der Waals surface area (Å²) >= 11 is 6.11. The summed E-state index contributed by atoms with van der Waals surface area (Å²) in [5.74, 6) is -0.0714. The van der Waals surface area contributed by atoms with Crippen LogP contribution in [0.25, 0.3) is 22.3 Å².